The SMILES string of the molecule is CCC1(OC(=O)C2CC3[CH]CC2C3)CCCC1. The van der Waals surface area contributed by atoms with E-state index in [2.05, 4.69) is 13.3 Å². The summed E-state index contributed by atoms with van der Waals surface area (Å²) in [5, 5.41) is 0. The molecule has 2 bridgehead atoms. The van der Waals surface area contributed by atoms with Gasteiger partial charge < -0.3 is 4.74 Å². The van der Waals surface area contributed by atoms with E-state index < -0.39 is 0 Å². The van der Waals surface area contributed by atoms with Crippen molar-refractivity contribution in [2.24, 2.45) is 17.8 Å². The number of ether oxygens (including phenoxy) is 1. The van der Waals surface area contributed by atoms with Crippen LogP contribution in [0, 0.1) is 24.2 Å². The summed E-state index contributed by atoms with van der Waals surface area (Å²) in [4.78, 5) is 12.3. The first kappa shape index (κ1) is 11.6. The molecule has 2 heteroatoms. The molecule has 3 atom stereocenters. The van der Waals surface area contributed by atoms with Crippen LogP contribution >= 0.6 is 0 Å². The number of fused-ring (bicyclic) bond motifs is 2. The van der Waals surface area contributed by atoms with Crippen molar-refractivity contribution >= 4 is 5.97 Å². The van der Waals surface area contributed by atoms with Crippen molar-refractivity contribution in [2.75, 3.05) is 0 Å². The Balaban J connectivity index is 1.63. The first-order valence-corrected chi connectivity index (χ1v) is 7.28. The normalized spacial score (nSPS) is 38.5. The molecule has 3 unspecified atom stereocenters. The van der Waals surface area contributed by atoms with Crippen molar-refractivity contribution in [3.05, 3.63) is 6.42 Å². The summed E-state index contributed by atoms with van der Waals surface area (Å²) in [5.74, 6) is 1.64. The van der Waals surface area contributed by atoms with Crippen molar-refractivity contribution in [1.82, 2.24) is 0 Å². The van der Waals surface area contributed by atoms with Gasteiger partial charge in [0, 0.05) is 0 Å². The molecule has 1 radical (unpaired) electrons. The first-order chi connectivity index (χ1) is 8.22. The summed E-state index contributed by atoms with van der Waals surface area (Å²) in [6.07, 6.45) is 11.5. The number of carbonyl (C=O) groups excluding carboxylic acids is 1. The van der Waals surface area contributed by atoms with Crippen LogP contribution in [-0.2, 0) is 9.53 Å². The molecule has 3 rings (SSSR count). The van der Waals surface area contributed by atoms with Crippen LogP contribution in [0.4, 0.5) is 0 Å². The van der Waals surface area contributed by atoms with Crippen LogP contribution in [0.25, 0.3) is 0 Å². The Hall–Kier alpha value is -0.530. The molecule has 0 aromatic rings. The predicted octanol–water partition coefficient (Wildman–Crippen LogP) is 3.50. The lowest BCUT2D eigenvalue weighted by Gasteiger charge is -2.31. The Bertz CT molecular complexity index is 304. The number of rotatable bonds is 3. The van der Waals surface area contributed by atoms with E-state index in [0.717, 1.165) is 32.1 Å². The topological polar surface area (TPSA) is 26.3 Å². The van der Waals surface area contributed by atoms with Crippen molar-refractivity contribution in [3.63, 3.8) is 0 Å². The highest BCUT2D eigenvalue weighted by atomic mass is 16.6. The highest BCUT2D eigenvalue weighted by molar-refractivity contribution is 5.74. The van der Waals surface area contributed by atoms with E-state index in [1.807, 2.05) is 0 Å². The van der Waals surface area contributed by atoms with Crippen molar-refractivity contribution < 1.29 is 9.53 Å². The highest BCUT2D eigenvalue weighted by Crippen LogP contribution is 2.49. The third-order valence-electron chi connectivity index (χ3n) is 5.28. The van der Waals surface area contributed by atoms with E-state index in [4.69, 9.17) is 4.74 Å². The predicted molar refractivity (Wildman–Crippen MR) is 66.2 cm³/mol. The van der Waals surface area contributed by atoms with Gasteiger partial charge in [0.25, 0.3) is 0 Å². The fourth-order valence-electron chi connectivity index (χ4n) is 4.11. The monoisotopic (exact) mass is 235 g/mol. The molecule has 0 amide bonds. The third-order valence-corrected chi connectivity index (χ3v) is 5.28. The average molecular weight is 235 g/mol. The molecule has 0 spiro atoms. The minimum atomic E-state index is -0.0946. The van der Waals surface area contributed by atoms with Gasteiger partial charge in [0.05, 0.1) is 5.92 Å². The Morgan fingerprint density at radius 3 is 2.65 bits per heavy atom. The van der Waals surface area contributed by atoms with Gasteiger partial charge in [-0.05, 0) is 69.6 Å². The Labute approximate surface area is 104 Å². The second kappa shape index (κ2) is 4.29. The fourth-order valence-corrected chi connectivity index (χ4v) is 4.11. The minimum Gasteiger partial charge on any atom is -0.459 e. The van der Waals surface area contributed by atoms with Gasteiger partial charge in [0.1, 0.15) is 5.60 Å². The number of esters is 1. The quantitative estimate of drug-likeness (QED) is 0.700. The lowest BCUT2D eigenvalue weighted by Crippen LogP contribution is -2.35. The van der Waals surface area contributed by atoms with Crippen LogP contribution in [0.15, 0.2) is 0 Å². The Morgan fingerprint density at radius 1 is 1.35 bits per heavy atom. The zero-order chi connectivity index (χ0) is 11.9. The summed E-state index contributed by atoms with van der Waals surface area (Å²) in [6.45, 7) is 2.16. The number of carbonyl (C=O) groups is 1. The number of hydrogen-bond acceptors (Lipinski definition) is 2. The van der Waals surface area contributed by atoms with Crippen LogP contribution in [-0.4, -0.2) is 11.6 Å². The van der Waals surface area contributed by atoms with Crippen LogP contribution in [0.3, 0.4) is 0 Å². The minimum absolute atomic E-state index is 0.0946. The Kier molecular flexibility index (Phi) is 2.92. The van der Waals surface area contributed by atoms with Crippen molar-refractivity contribution in [2.45, 2.75) is 63.9 Å². The Morgan fingerprint density at radius 2 is 2.12 bits per heavy atom. The zero-order valence-electron chi connectivity index (χ0n) is 10.8. The lowest BCUT2D eigenvalue weighted by atomic mass is 9.88. The van der Waals surface area contributed by atoms with Gasteiger partial charge in [-0.15, -0.1) is 0 Å². The summed E-state index contributed by atoms with van der Waals surface area (Å²) in [5.41, 5.74) is -0.0946. The maximum atomic E-state index is 12.3. The zero-order valence-corrected chi connectivity index (χ0v) is 10.8. The second-order valence-corrected chi connectivity index (χ2v) is 6.23. The largest absolute Gasteiger partial charge is 0.459 e. The average Bonchev–Trinajstić information content (AvgIpc) is 3.04. The van der Waals surface area contributed by atoms with Gasteiger partial charge in [-0.2, -0.15) is 0 Å². The molecule has 2 nitrogen and oxygen atoms in total. The molecular formula is C15H23O2. The standard InChI is InChI=1S/C15H23O2/c1-2-15(7-3-4-8-15)17-14(16)13-10-11-5-6-12(13)9-11/h5,11-13H,2-4,6-10H2,1H3. The molecule has 0 aromatic carbocycles. The van der Waals surface area contributed by atoms with Crippen molar-refractivity contribution in [1.29, 1.82) is 0 Å². The molecule has 0 aliphatic heterocycles. The maximum Gasteiger partial charge on any atom is 0.309 e. The van der Waals surface area contributed by atoms with Gasteiger partial charge in [0.15, 0.2) is 0 Å². The van der Waals surface area contributed by atoms with Crippen molar-refractivity contribution in [3.8, 4) is 0 Å². The van der Waals surface area contributed by atoms with E-state index in [-0.39, 0.29) is 17.5 Å². The molecule has 0 aromatic heterocycles. The molecule has 3 fully saturated rings. The van der Waals surface area contributed by atoms with Gasteiger partial charge in [0.2, 0.25) is 0 Å². The summed E-state index contributed by atoms with van der Waals surface area (Å²) in [6, 6.07) is 0. The number of hydrogen-bond donors (Lipinski definition) is 0. The summed E-state index contributed by atoms with van der Waals surface area (Å²) < 4.78 is 5.93. The van der Waals surface area contributed by atoms with E-state index in [1.54, 1.807) is 0 Å². The van der Waals surface area contributed by atoms with E-state index in [1.165, 1.54) is 19.3 Å². The molecule has 0 heterocycles. The van der Waals surface area contributed by atoms with E-state index in [9.17, 15) is 4.79 Å². The molecule has 17 heavy (non-hydrogen) atoms. The highest BCUT2D eigenvalue weighted by Gasteiger charge is 2.46. The smallest absolute Gasteiger partial charge is 0.309 e. The van der Waals surface area contributed by atoms with Crippen LogP contribution in [0.1, 0.15) is 58.3 Å². The van der Waals surface area contributed by atoms with Gasteiger partial charge in [-0.25, -0.2) is 0 Å². The molecule has 3 saturated carbocycles. The second-order valence-electron chi connectivity index (χ2n) is 6.23. The molecular weight excluding hydrogens is 212 g/mol. The van der Waals surface area contributed by atoms with E-state index >= 15 is 0 Å². The molecule has 0 saturated heterocycles. The van der Waals surface area contributed by atoms with E-state index in [0.29, 0.717) is 11.8 Å². The molecule has 3 aliphatic carbocycles. The van der Waals surface area contributed by atoms with Crippen LogP contribution in [0.2, 0.25) is 0 Å². The van der Waals surface area contributed by atoms with Gasteiger partial charge in [-0.3, -0.25) is 4.79 Å². The van der Waals surface area contributed by atoms with Gasteiger partial charge in [-0.1, -0.05) is 6.92 Å². The first-order valence-electron chi connectivity index (χ1n) is 7.28. The fraction of sp³-hybridized carbons (Fsp3) is 0.867. The third kappa shape index (κ3) is 2.00. The summed E-state index contributed by atoms with van der Waals surface area (Å²) >= 11 is 0. The molecule has 3 aliphatic rings. The maximum absolute atomic E-state index is 12.3. The lowest BCUT2D eigenvalue weighted by molar-refractivity contribution is -0.166. The molecule has 0 N–H and O–H groups in total. The van der Waals surface area contributed by atoms with Gasteiger partial charge >= 0.3 is 5.97 Å². The van der Waals surface area contributed by atoms with Crippen LogP contribution in [0.5, 0.6) is 0 Å². The molecule has 95 valence electrons. The van der Waals surface area contributed by atoms with Crippen LogP contribution < -0.4 is 0 Å². The summed E-state index contributed by atoms with van der Waals surface area (Å²) in [7, 11) is 0.